The molecule has 1 heterocycles. The van der Waals surface area contributed by atoms with Crippen molar-refractivity contribution in [3.63, 3.8) is 0 Å². The van der Waals surface area contributed by atoms with E-state index in [1.165, 1.54) is 13.1 Å². The van der Waals surface area contributed by atoms with Gasteiger partial charge in [0.2, 0.25) is 0 Å². The number of hydrogen-bond acceptors (Lipinski definition) is 4. The van der Waals surface area contributed by atoms with Gasteiger partial charge in [0.1, 0.15) is 0 Å². The Kier molecular flexibility index (Phi) is 3.54. The summed E-state index contributed by atoms with van der Waals surface area (Å²) in [6, 6.07) is 6.42. The van der Waals surface area contributed by atoms with Crippen molar-refractivity contribution >= 4 is 27.4 Å². The third kappa shape index (κ3) is 2.05. The van der Waals surface area contributed by atoms with Crippen molar-refractivity contribution in [2.75, 3.05) is 17.9 Å². The first-order valence-corrected chi connectivity index (χ1v) is 7.26. The van der Waals surface area contributed by atoms with Crippen LogP contribution in [0, 0.1) is 0 Å². The highest BCUT2D eigenvalue weighted by Gasteiger charge is 2.39. The highest BCUT2D eigenvalue weighted by atomic mass is 32.2. The summed E-state index contributed by atoms with van der Waals surface area (Å²) in [5.41, 5.74) is 0.624. The first kappa shape index (κ1) is 14.1. The Morgan fingerprint density at radius 1 is 1.45 bits per heavy atom. The van der Waals surface area contributed by atoms with Crippen LogP contribution in [0.15, 0.2) is 41.8 Å². The van der Waals surface area contributed by atoms with E-state index in [0.717, 1.165) is 4.31 Å². The Bertz CT molecular complexity index is 707. The van der Waals surface area contributed by atoms with Gasteiger partial charge in [-0.25, -0.2) is 8.42 Å². The summed E-state index contributed by atoms with van der Waals surface area (Å²) in [6.07, 6.45) is 1.42. The van der Waals surface area contributed by atoms with Crippen molar-refractivity contribution in [1.29, 1.82) is 0 Å². The largest absolute Gasteiger partial charge is 0.506 e. The standard InChI is InChI=1S/C13H14N2O4S/c1-3-8-14-13(17)12-11(16)9-6-4-5-7-10(9)15(2)20(12,18)19/h3-7,16H,1,8H2,2H3,(H,14,17). The first-order valence-electron chi connectivity index (χ1n) is 5.82. The van der Waals surface area contributed by atoms with Gasteiger partial charge in [0.05, 0.1) is 5.69 Å². The second-order valence-corrected chi connectivity index (χ2v) is 6.07. The van der Waals surface area contributed by atoms with Crippen LogP contribution in [0.4, 0.5) is 5.69 Å². The molecule has 2 rings (SSSR count). The number of nitrogens with zero attached hydrogens (tertiary/aromatic N) is 1. The molecule has 0 saturated carbocycles. The SMILES string of the molecule is C=CCNC(=O)C1=C(O)c2ccccc2N(C)S1(=O)=O. The van der Waals surface area contributed by atoms with Gasteiger partial charge in [-0.1, -0.05) is 18.2 Å². The minimum Gasteiger partial charge on any atom is -0.506 e. The lowest BCUT2D eigenvalue weighted by atomic mass is 10.1. The van der Waals surface area contributed by atoms with E-state index in [0.29, 0.717) is 11.3 Å². The number of fused-ring (bicyclic) bond motifs is 1. The Morgan fingerprint density at radius 3 is 2.75 bits per heavy atom. The van der Waals surface area contributed by atoms with Gasteiger partial charge in [-0.3, -0.25) is 9.10 Å². The molecule has 0 unspecified atom stereocenters. The maximum Gasteiger partial charge on any atom is 0.273 e. The molecule has 0 radical (unpaired) electrons. The van der Waals surface area contributed by atoms with Gasteiger partial charge in [0.15, 0.2) is 10.7 Å². The number of rotatable bonds is 3. The molecule has 2 N–H and O–H groups in total. The van der Waals surface area contributed by atoms with E-state index in [9.17, 15) is 18.3 Å². The third-order valence-electron chi connectivity index (χ3n) is 2.95. The molecule has 0 fully saturated rings. The number of carbonyl (C=O) groups excluding carboxylic acids is 1. The summed E-state index contributed by atoms with van der Waals surface area (Å²) >= 11 is 0. The summed E-state index contributed by atoms with van der Waals surface area (Å²) in [7, 11) is -2.74. The van der Waals surface area contributed by atoms with Crippen LogP contribution in [0.25, 0.3) is 5.76 Å². The number of hydrogen-bond donors (Lipinski definition) is 2. The van der Waals surface area contributed by atoms with Crippen LogP contribution in [0.1, 0.15) is 5.56 Å². The highest BCUT2D eigenvalue weighted by Crippen LogP contribution is 2.36. The molecule has 0 atom stereocenters. The van der Waals surface area contributed by atoms with Crippen LogP contribution < -0.4 is 9.62 Å². The minimum absolute atomic E-state index is 0.108. The molecule has 1 aliphatic heterocycles. The van der Waals surface area contributed by atoms with Crippen molar-refractivity contribution < 1.29 is 18.3 Å². The van der Waals surface area contributed by atoms with Gasteiger partial charge in [0, 0.05) is 19.2 Å². The fourth-order valence-electron chi connectivity index (χ4n) is 1.93. The van der Waals surface area contributed by atoms with Crippen LogP contribution in [-0.2, 0) is 14.8 Å². The van der Waals surface area contributed by atoms with E-state index in [4.69, 9.17) is 0 Å². The van der Waals surface area contributed by atoms with Crippen LogP contribution >= 0.6 is 0 Å². The van der Waals surface area contributed by atoms with Crippen LogP contribution in [-0.4, -0.2) is 33.0 Å². The first-order chi connectivity index (χ1) is 9.41. The molecule has 20 heavy (non-hydrogen) atoms. The monoisotopic (exact) mass is 294 g/mol. The Balaban J connectivity index is 2.64. The fraction of sp³-hybridized carbons (Fsp3) is 0.154. The normalized spacial score (nSPS) is 16.6. The molecule has 7 heteroatoms. The van der Waals surface area contributed by atoms with Crippen molar-refractivity contribution in [1.82, 2.24) is 5.32 Å². The van der Waals surface area contributed by atoms with Crippen molar-refractivity contribution in [2.24, 2.45) is 0 Å². The van der Waals surface area contributed by atoms with E-state index in [-0.39, 0.29) is 6.54 Å². The average Bonchev–Trinajstić information content (AvgIpc) is 2.42. The number of nitrogens with one attached hydrogen (secondary N) is 1. The summed E-state index contributed by atoms with van der Waals surface area (Å²) in [4.78, 5) is 11.3. The minimum atomic E-state index is -4.08. The Hall–Kier alpha value is -2.28. The average molecular weight is 294 g/mol. The summed E-state index contributed by atoms with van der Waals surface area (Å²) in [5, 5.41) is 12.5. The van der Waals surface area contributed by atoms with Crippen LogP contribution in [0.3, 0.4) is 0 Å². The second kappa shape index (κ2) is 5.01. The molecule has 6 nitrogen and oxygen atoms in total. The smallest absolute Gasteiger partial charge is 0.273 e. The van der Waals surface area contributed by atoms with Gasteiger partial charge in [-0.05, 0) is 12.1 Å². The van der Waals surface area contributed by atoms with Crippen molar-refractivity contribution in [3.05, 3.63) is 47.4 Å². The van der Waals surface area contributed by atoms with Gasteiger partial charge < -0.3 is 10.4 Å². The molecule has 0 aromatic heterocycles. The predicted molar refractivity (Wildman–Crippen MR) is 76.5 cm³/mol. The lowest BCUT2D eigenvalue weighted by Gasteiger charge is -2.28. The fourth-order valence-corrected chi connectivity index (χ4v) is 3.28. The highest BCUT2D eigenvalue weighted by molar-refractivity contribution is 7.97. The van der Waals surface area contributed by atoms with E-state index < -0.39 is 26.6 Å². The predicted octanol–water partition coefficient (Wildman–Crippen LogP) is 0.995. The zero-order valence-electron chi connectivity index (χ0n) is 10.8. The number of benzene rings is 1. The molecule has 0 aliphatic carbocycles. The molecule has 106 valence electrons. The van der Waals surface area contributed by atoms with Crippen molar-refractivity contribution in [3.8, 4) is 0 Å². The molecule has 0 spiro atoms. The maximum absolute atomic E-state index is 12.3. The molecule has 1 aromatic rings. The molecular formula is C13H14N2O4S. The maximum atomic E-state index is 12.3. The van der Waals surface area contributed by atoms with E-state index in [2.05, 4.69) is 11.9 Å². The van der Waals surface area contributed by atoms with Crippen LogP contribution in [0.5, 0.6) is 0 Å². The third-order valence-corrected chi connectivity index (χ3v) is 4.76. The number of anilines is 1. The molecule has 0 saturated heterocycles. The number of aliphatic hydroxyl groups is 1. The van der Waals surface area contributed by atoms with Gasteiger partial charge in [-0.15, -0.1) is 6.58 Å². The summed E-state index contributed by atoms with van der Waals surface area (Å²) in [6.45, 7) is 3.54. The Morgan fingerprint density at radius 2 is 2.10 bits per heavy atom. The molecule has 1 aliphatic rings. The number of carbonyl (C=O) groups is 1. The lowest BCUT2D eigenvalue weighted by Crippen LogP contribution is -2.39. The Labute approximate surface area is 117 Å². The number of amides is 1. The van der Waals surface area contributed by atoms with Gasteiger partial charge in [-0.2, -0.15) is 0 Å². The summed E-state index contributed by atoms with van der Waals surface area (Å²) in [5.74, 6) is -1.40. The van der Waals surface area contributed by atoms with E-state index in [1.807, 2.05) is 0 Å². The zero-order valence-corrected chi connectivity index (χ0v) is 11.6. The molecule has 0 bridgehead atoms. The molecule has 1 amide bonds. The molecular weight excluding hydrogens is 280 g/mol. The molecule has 1 aromatic carbocycles. The lowest BCUT2D eigenvalue weighted by molar-refractivity contribution is -0.116. The number of para-hydroxylation sites is 1. The second-order valence-electron chi connectivity index (χ2n) is 4.17. The zero-order chi connectivity index (χ0) is 14.9. The van der Waals surface area contributed by atoms with E-state index in [1.54, 1.807) is 24.3 Å². The number of aliphatic hydroxyl groups excluding tert-OH is 1. The van der Waals surface area contributed by atoms with Crippen LogP contribution in [0.2, 0.25) is 0 Å². The van der Waals surface area contributed by atoms with Crippen molar-refractivity contribution in [2.45, 2.75) is 0 Å². The number of sulfonamides is 1. The topological polar surface area (TPSA) is 86.7 Å². The quantitative estimate of drug-likeness (QED) is 0.814. The van der Waals surface area contributed by atoms with Gasteiger partial charge in [0.25, 0.3) is 15.9 Å². The van der Waals surface area contributed by atoms with E-state index >= 15 is 0 Å². The van der Waals surface area contributed by atoms with Gasteiger partial charge >= 0.3 is 0 Å². The summed E-state index contributed by atoms with van der Waals surface area (Å²) < 4.78 is 25.6.